The Bertz CT molecular complexity index is 1150. The Morgan fingerprint density at radius 3 is 2.40 bits per heavy atom. The van der Waals surface area contributed by atoms with E-state index < -0.39 is 5.41 Å². The molecule has 1 N–H and O–H groups in total. The van der Waals surface area contributed by atoms with Gasteiger partial charge in [0, 0.05) is 31.2 Å². The standard InChI is InChI=1S/C29H34N4O2/c1-2-33(24-14-8-4-9-15-24)27(34)25-20-30-31-26(25)22-16-19-32(21-22)28(35)29(17-10-5-11-18-29)23-12-6-3-7-13-23/h3-4,6-9,12-15,20,22H,2,5,10-11,16-19,21H2,1H3,(H,30,31)/t22-/m0/s1. The van der Waals surface area contributed by atoms with Gasteiger partial charge in [-0.15, -0.1) is 0 Å². The van der Waals surface area contributed by atoms with Gasteiger partial charge in [-0.1, -0.05) is 67.8 Å². The van der Waals surface area contributed by atoms with Crippen LogP contribution in [0.25, 0.3) is 0 Å². The second-order valence-electron chi connectivity index (χ2n) is 9.83. The van der Waals surface area contributed by atoms with Crippen molar-refractivity contribution in [2.45, 2.75) is 56.8 Å². The minimum atomic E-state index is -0.423. The predicted octanol–water partition coefficient (Wildman–Crippen LogP) is 5.29. The predicted molar refractivity (Wildman–Crippen MR) is 138 cm³/mol. The zero-order valence-corrected chi connectivity index (χ0v) is 20.5. The Hall–Kier alpha value is -3.41. The summed E-state index contributed by atoms with van der Waals surface area (Å²) >= 11 is 0. The van der Waals surface area contributed by atoms with Gasteiger partial charge in [0.1, 0.15) is 0 Å². The van der Waals surface area contributed by atoms with Gasteiger partial charge in [-0.2, -0.15) is 5.10 Å². The lowest BCUT2D eigenvalue weighted by Gasteiger charge is -2.39. The molecule has 2 heterocycles. The molecule has 0 radical (unpaired) electrons. The fraction of sp³-hybridized carbons (Fsp3) is 0.414. The van der Waals surface area contributed by atoms with Gasteiger partial charge in [-0.25, -0.2) is 0 Å². The maximum Gasteiger partial charge on any atom is 0.261 e. The molecule has 2 aliphatic rings. The van der Waals surface area contributed by atoms with Crippen LogP contribution in [0, 0.1) is 0 Å². The number of nitrogens with zero attached hydrogens (tertiary/aromatic N) is 3. The maximum atomic E-state index is 14.0. The summed E-state index contributed by atoms with van der Waals surface area (Å²) < 4.78 is 0. The van der Waals surface area contributed by atoms with Gasteiger partial charge in [-0.05, 0) is 43.9 Å². The van der Waals surface area contributed by atoms with Crippen molar-refractivity contribution in [3.8, 4) is 0 Å². The van der Waals surface area contributed by atoms with Crippen molar-refractivity contribution < 1.29 is 9.59 Å². The van der Waals surface area contributed by atoms with Gasteiger partial charge in [0.05, 0.1) is 22.9 Å². The lowest BCUT2D eigenvalue weighted by molar-refractivity contribution is -0.137. The average molecular weight is 471 g/mol. The number of carbonyl (C=O) groups is 2. The molecule has 2 fully saturated rings. The van der Waals surface area contributed by atoms with Crippen molar-refractivity contribution in [1.29, 1.82) is 0 Å². The maximum absolute atomic E-state index is 14.0. The molecule has 1 aliphatic heterocycles. The van der Waals surface area contributed by atoms with Crippen LogP contribution in [0.1, 0.15) is 73.0 Å². The second kappa shape index (κ2) is 10.1. The third-order valence-corrected chi connectivity index (χ3v) is 7.86. The molecule has 0 bridgehead atoms. The summed E-state index contributed by atoms with van der Waals surface area (Å²) in [6.45, 7) is 3.88. The molecule has 5 rings (SSSR count). The zero-order chi connectivity index (χ0) is 24.3. The van der Waals surface area contributed by atoms with Crippen LogP contribution in [0.15, 0.2) is 66.9 Å². The van der Waals surface area contributed by atoms with Crippen LogP contribution in [0.5, 0.6) is 0 Å². The van der Waals surface area contributed by atoms with E-state index >= 15 is 0 Å². The topological polar surface area (TPSA) is 69.3 Å². The molecule has 6 heteroatoms. The van der Waals surface area contributed by atoms with Crippen molar-refractivity contribution in [1.82, 2.24) is 15.1 Å². The molecule has 3 aromatic rings. The molecular weight excluding hydrogens is 436 g/mol. The number of carbonyl (C=O) groups excluding carboxylic acids is 2. The van der Waals surface area contributed by atoms with E-state index in [0.29, 0.717) is 25.2 Å². The van der Waals surface area contributed by atoms with Crippen LogP contribution in [0.2, 0.25) is 0 Å². The van der Waals surface area contributed by atoms with Crippen molar-refractivity contribution in [3.63, 3.8) is 0 Å². The minimum Gasteiger partial charge on any atom is -0.341 e. The summed E-state index contributed by atoms with van der Waals surface area (Å²) in [5, 5.41) is 7.35. The Morgan fingerprint density at radius 2 is 1.71 bits per heavy atom. The van der Waals surface area contributed by atoms with E-state index in [1.54, 1.807) is 11.1 Å². The first-order valence-electron chi connectivity index (χ1n) is 12.9. The van der Waals surface area contributed by atoms with Crippen LogP contribution in [-0.2, 0) is 10.2 Å². The van der Waals surface area contributed by atoms with E-state index in [2.05, 4.69) is 22.3 Å². The number of nitrogens with one attached hydrogen (secondary N) is 1. The van der Waals surface area contributed by atoms with Crippen LogP contribution < -0.4 is 4.90 Å². The highest BCUT2D eigenvalue weighted by Gasteiger charge is 2.45. The summed E-state index contributed by atoms with van der Waals surface area (Å²) in [6.07, 6.45) is 7.66. The first-order valence-corrected chi connectivity index (χ1v) is 12.9. The second-order valence-corrected chi connectivity index (χ2v) is 9.83. The Balaban J connectivity index is 1.36. The van der Waals surface area contributed by atoms with Crippen LogP contribution in [0.3, 0.4) is 0 Å². The van der Waals surface area contributed by atoms with Gasteiger partial charge in [-0.3, -0.25) is 14.7 Å². The molecule has 1 atom stereocenters. The quantitative estimate of drug-likeness (QED) is 0.532. The summed E-state index contributed by atoms with van der Waals surface area (Å²) in [5.74, 6) is 0.268. The summed E-state index contributed by atoms with van der Waals surface area (Å²) in [4.78, 5) is 31.3. The Kier molecular flexibility index (Phi) is 6.71. The third-order valence-electron chi connectivity index (χ3n) is 7.86. The minimum absolute atomic E-state index is 0.0553. The van der Waals surface area contributed by atoms with Crippen LogP contribution in [-0.4, -0.2) is 46.5 Å². The summed E-state index contributed by atoms with van der Waals surface area (Å²) in [7, 11) is 0. The van der Waals surface area contributed by atoms with Crippen molar-refractivity contribution in [2.24, 2.45) is 0 Å². The number of likely N-dealkylation sites (tertiary alicyclic amines) is 1. The van der Waals surface area contributed by atoms with Gasteiger partial charge >= 0.3 is 0 Å². The number of rotatable bonds is 6. The van der Waals surface area contributed by atoms with Gasteiger partial charge in [0.15, 0.2) is 0 Å². The molecule has 1 saturated carbocycles. The number of para-hydroxylation sites is 1. The molecule has 35 heavy (non-hydrogen) atoms. The number of H-pyrrole nitrogens is 1. The van der Waals surface area contributed by atoms with Crippen molar-refractivity contribution in [3.05, 3.63) is 83.7 Å². The molecule has 1 saturated heterocycles. The zero-order valence-electron chi connectivity index (χ0n) is 20.5. The summed E-state index contributed by atoms with van der Waals surface area (Å²) in [5.41, 5.74) is 3.04. The normalized spacial score (nSPS) is 19.5. The Morgan fingerprint density at radius 1 is 1.03 bits per heavy atom. The molecule has 6 nitrogen and oxygen atoms in total. The number of hydrogen-bond donors (Lipinski definition) is 1. The molecule has 0 spiro atoms. The van der Waals surface area contributed by atoms with E-state index in [-0.39, 0.29) is 17.7 Å². The number of aromatic amines is 1. The average Bonchev–Trinajstić information content (AvgIpc) is 3.60. The number of benzene rings is 2. The van der Waals surface area contributed by atoms with Gasteiger partial charge in [0.25, 0.3) is 5.91 Å². The SMILES string of the molecule is CCN(C(=O)c1cn[nH]c1[C@H]1CCN(C(=O)C2(c3ccccc3)CCCCC2)C1)c1ccccc1. The van der Waals surface area contributed by atoms with Gasteiger partial charge < -0.3 is 9.80 Å². The smallest absolute Gasteiger partial charge is 0.261 e. The summed E-state index contributed by atoms with van der Waals surface area (Å²) in [6, 6.07) is 20.1. The van der Waals surface area contributed by atoms with E-state index in [0.717, 1.165) is 49.0 Å². The molecular formula is C29H34N4O2. The lowest BCUT2D eigenvalue weighted by atomic mass is 9.68. The van der Waals surface area contributed by atoms with Gasteiger partial charge in [0.2, 0.25) is 5.91 Å². The molecule has 182 valence electrons. The third kappa shape index (κ3) is 4.38. The highest BCUT2D eigenvalue weighted by molar-refractivity contribution is 6.06. The van der Waals surface area contributed by atoms with E-state index in [4.69, 9.17) is 0 Å². The fourth-order valence-corrected chi connectivity index (χ4v) is 6.00. The van der Waals surface area contributed by atoms with Crippen molar-refractivity contribution >= 4 is 17.5 Å². The highest BCUT2D eigenvalue weighted by Crippen LogP contribution is 2.42. The molecule has 2 aromatic carbocycles. The lowest BCUT2D eigenvalue weighted by Crippen LogP contribution is -2.47. The molecule has 1 aliphatic carbocycles. The fourth-order valence-electron chi connectivity index (χ4n) is 6.00. The van der Waals surface area contributed by atoms with Crippen LogP contribution >= 0.6 is 0 Å². The first kappa shape index (κ1) is 23.3. The number of anilines is 1. The van der Waals surface area contributed by atoms with E-state index in [9.17, 15) is 9.59 Å². The largest absolute Gasteiger partial charge is 0.341 e. The van der Waals surface area contributed by atoms with Crippen molar-refractivity contribution in [2.75, 3.05) is 24.5 Å². The monoisotopic (exact) mass is 470 g/mol. The number of hydrogen-bond acceptors (Lipinski definition) is 3. The first-order chi connectivity index (χ1) is 17.1. The Labute approximate surface area is 207 Å². The highest BCUT2D eigenvalue weighted by atomic mass is 16.2. The van der Waals surface area contributed by atoms with E-state index in [1.807, 2.05) is 60.4 Å². The molecule has 1 aromatic heterocycles. The van der Waals surface area contributed by atoms with Crippen LogP contribution in [0.4, 0.5) is 5.69 Å². The number of amides is 2. The van der Waals surface area contributed by atoms with E-state index in [1.165, 1.54) is 6.42 Å². The molecule has 0 unspecified atom stereocenters. The number of aromatic nitrogens is 2. The molecule has 2 amide bonds.